The van der Waals surface area contributed by atoms with Crippen LogP contribution in [0.1, 0.15) is 55.0 Å². The van der Waals surface area contributed by atoms with Crippen LogP contribution in [0.4, 0.5) is 8.78 Å². The topological polar surface area (TPSA) is 84.4 Å². The molecule has 3 atom stereocenters. The average Bonchev–Trinajstić information content (AvgIpc) is 3.69. The van der Waals surface area contributed by atoms with Crippen LogP contribution >= 0.6 is 0 Å². The molecule has 2 aromatic heterocycles. The zero-order valence-electron chi connectivity index (χ0n) is 20.5. The van der Waals surface area contributed by atoms with E-state index in [4.69, 9.17) is 9.47 Å². The van der Waals surface area contributed by atoms with E-state index in [1.54, 1.807) is 6.92 Å². The number of benzene rings is 1. The Balaban J connectivity index is 0.00000304. The SMILES string of the molecule is COc1cc(-c2cnc(C3CCc4ccc([C@H](C5CC5)[C@H](C)C(=O)[O-])cc4O3)c(F)c2)c(F)cn1.[Na+]. The number of hydrogen-bond donors (Lipinski definition) is 0. The number of nitrogens with zero attached hydrogens (tertiary/aromatic N) is 2. The molecule has 0 bridgehead atoms. The quantitative estimate of drug-likeness (QED) is 0.454. The van der Waals surface area contributed by atoms with E-state index in [9.17, 15) is 14.3 Å². The second-order valence-corrected chi connectivity index (χ2v) is 9.28. The van der Waals surface area contributed by atoms with Gasteiger partial charge in [0, 0.05) is 35.3 Å². The molecule has 1 unspecified atom stereocenters. The number of pyridine rings is 2. The fraction of sp³-hybridized carbons (Fsp3) is 0.370. The predicted octanol–water partition coefficient (Wildman–Crippen LogP) is 1.38. The number of carboxylic acids is 1. The van der Waals surface area contributed by atoms with Crippen molar-refractivity contribution in [2.45, 2.75) is 44.6 Å². The molecule has 0 spiro atoms. The second kappa shape index (κ2) is 10.8. The molecule has 1 aliphatic carbocycles. The van der Waals surface area contributed by atoms with Crippen LogP contribution in [0.5, 0.6) is 11.6 Å². The Morgan fingerprint density at radius 2 is 1.89 bits per heavy atom. The van der Waals surface area contributed by atoms with Crippen LogP contribution in [0, 0.1) is 23.5 Å². The summed E-state index contributed by atoms with van der Waals surface area (Å²) >= 11 is 0. The van der Waals surface area contributed by atoms with Crippen LogP contribution in [-0.4, -0.2) is 23.0 Å². The fourth-order valence-corrected chi connectivity index (χ4v) is 4.94. The number of halogens is 2. The van der Waals surface area contributed by atoms with Gasteiger partial charge in [-0.05, 0) is 60.8 Å². The molecule has 182 valence electrons. The number of carbonyl (C=O) groups excluding carboxylic acids is 1. The number of carboxylic acid groups (broad SMARTS) is 1. The Morgan fingerprint density at radius 3 is 2.56 bits per heavy atom. The van der Waals surface area contributed by atoms with Crippen LogP contribution in [0.2, 0.25) is 0 Å². The van der Waals surface area contributed by atoms with E-state index in [0.717, 1.165) is 30.2 Å². The van der Waals surface area contributed by atoms with Crippen LogP contribution < -0.4 is 44.1 Å². The van der Waals surface area contributed by atoms with E-state index in [0.29, 0.717) is 24.5 Å². The Kier molecular flexibility index (Phi) is 7.97. The van der Waals surface area contributed by atoms with Crippen LogP contribution in [0.15, 0.2) is 42.7 Å². The Bertz CT molecular complexity index is 1280. The molecule has 5 rings (SSSR count). The number of fused-ring (bicyclic) bond motifs is 1. The third-order valence-electron chi connectivity index (χ3n) is 6.99. The van der Waals surface area contributed by atoms with Gasteiger partial charge < -0.3 is 19.4 Å². The standard InChI is InChI=1S/C27H26F2N2O4.Na/c1-14(27(32)33)25(16-4-5-16)17-6-3-15-7-8-22(35-23(15)10-17)26-20(28)9-18(12-31-26)19-11-24(34-2)30-13-21(19)29;/h3,6,9-14,16,22,25H,4-5,7-8H2,1-2H3,(H,32,33);/q;+1/p-1/t14-,22?,25-;/m0./s1. The summed E-state index contributed by atoms with van der Waals surface area (Å²) in [5.41, 5.74) is 2.44. The molecular formula is C27H25F2N2NaO4. The van der Waals surface area contributed by atoms with Gasteiger partial charge in [0.2, 0.25) is 5.88 Å². The van der Waals surface area contributed by atoms with Gasteiger partial charge in [-0.3, -0.25) is 4.98 Å². The van der Waals surface area contributed by atoms with Gasteiger partial charge in [0.15, 0.2) is 0 Å². The maximum Gasteiger partial charge on any atom is 1.00 e. The molecular weight excluding hydrogens is 477 g/mol. The summed E-state index contributed by atoms with van der Waals surface area (Å²) in [5, 5.41) is 11.6. The van der Waals surface area contributed by atoms with E-state index in [-0.39, 0.29) is 58.2 Å². The number of carbonyl (C=O) groups is 1. The number of hydrogen-bond acceptors (Lipinski definition) is 6. The van der Waals surface area contributed by atoms with Gasteiger partial charge in [-0.1, -0.05) is 19.1 Å². The minimum Gasteiger partial charge on any atom is -0.550 e. The van der Waals surface area contributed by atoms with E-state index < -0.39 is 29.6 Å². The largest absolute Gasteiger partial charge is 1.00 e. The van der Waals surface area contributed by atoms with Crippen molar-refractivity contribution in [1.82, 2.24) is 9.97 Å². The Labute approximate surface area is 230 Å². The third kappa shape index (κ3) is 5.26. The third-order valence-corrected chi connectivity index (χ3v) is 6.99. The summed E-state index contributed by atoms with van der Waals surface area (Å²) in [6.45, 7) is 1.68. The van der Waals surface area contributed by atoms with Crippen molar-refractivity contribution in [3.63, 3.8) is 0 Å². The van der Waals surface area contributed by atoms with Crippen LogP contribution in [0.3, 0.4) is 0 Å². The summed E-state index contributed by atoms with van der Waals surface area (Å²) in [7, 11) is 1.42. The second-order valence-electron chi connectivity index (χ2n) is 9.28. The minimum absolute atomic E-state index is 0. The zero-order chi connectivity index (χ0) is 24.7. The number of ether oxygens (including phenoxy) is 2. The zero-order valence-corrected chi connectivity index (χ0v) is 22.5. The molecule has 1 saturated carbocycles. The Morgan fingerprint density at radius 1 is 1.11 bits per heavy atom. The normalized spacial score (nSPS) is 18.3. The molecule has 1 aromatic carbocycles. The number of aliphatic carboxylic acids is 1. The predicted molar refractivity (Wildman–Crippen MR) is 122 cm³/mol. The van der Waals surface area contributed by atoms with Gasteiger partial charge in [-0.15, -0.1) is 0 Å². The first kappa shape index (κ1) is 26.5. The van der Waals surface area contributed by atoms with Gasteiger partial charge in [-0.2, -0.15) is 0 Å². The fourth-order valence-electron chi connectivity index (χ4n) is 4.94. The molecule has 0 N–H and O–H groups in total. The van der Waals surface area contributed by atoms with Crippen LogP contribution in [0.25, 0.3) is 11.1 Å². The number of methoxy groups -OCH3 is 1. The molecule has 0 saturated heterocycles. The van der Waals surface area contributed by atoms with Crippen molar-refractivity contribution in [1.29, 1.82) is 0 Å². The smallest absolute Gasteiger partial charge is 0.550 e. The first-order valence-corrected chi connectivity index (χ1v) is 11.7. The van der Waals surface area contributed by atoms with Crippen LogP contribution in [-0.2, 0) is 11.2 Å². The molecule has 1 fully saturated rings. The van der Waals surface area contributed by atoms with Gasteiger partial charge >= 0.3 is 29.6 Å². The molecule has 3 aromatic rings. The van der Waals surface area contributed by atoms with E-state index >= 15 is 4.39 Å². The molecule has 6 nitrogen and oxygen atoms in total. The summed E-state index contributed by atoms with van der Waals surface area (Å²) in [6.07, 6.45) is 5.02. The summed E-state index contributed by atoms with van der Waals surface area (Å²) in [4.78, 5) is 19.7. The average molecular weight is 502 g/mol. The van der Waals surface area contributed by atoms with Gasteiger partial charge in [0.1, 0.15) is 29.2 Å². The van der Waals surface area contributed by atoms with Crippen molar-refractivity contribution in [2.24, 2.45) is 11.8 Å². The molecule has 2 aliphatic rings. The summed E-state index contributed by atoms with van der Waals surface area (Å²) in [6, 6.07) is 8.44. The molecule has 3 heterocycles. The Hall–Kier alpha value is -2.55. The maximum atomic E-state index is 15.1. The number of aromatic nitrogens is 2. The van der Waals surface area contributed by atoms with Gasteiger partial charge in [-0.25, -0.2) is 13.8 Å². The molecule has 0 amide bonds. The van der Waals surface area contributed by atoms with Crippen molar-refractivity contribution in [3.8, 4) is 22.8 Å². The molecule has 9 heteroatoms. The van der Waals surface area contributed by atoms with E-state index in [2.05, 4.69) is 9.97 Å². The van der Waals surface area contributed by atoms with E-state index in [1.165, 1.54) is 25.4 Å². The van der Waals surface area contributed by atoms with Crippen molar-refractivity contribution in [2.75, 3.05) is 7.11 Å². The maximum absolute atomic E-state index is 15.1. The van der Waals surface area contributed by atoms with Crippen molar-refractivity contribution in [3.05, 3.63) is 71.2 Å². The first-order valence-electron chi connectivity index (χ1n) is 11.7. The monoisotopic (exact) mass is 502 g/mol. The summed E-state index contributed by atoms with van der Waals surface area (Å²) < 4.78 is 40.6. The molecule has 0 radical (unpaired) electrons. The number of aryl methyl sites for hydroxylation is 1. The summed E-state index contributed by atoms with van der Waals surface area (Å²) in [5.74, 6) is -1.87. The van der Waals surface area contributed by atoms with Gasteiger partial charge in [0.05, 0.1) is 13.3 Å². The minimum atomic E-state index is -1.06. The first-order chi connectivity index (χ1) is 16.9. The van der Waals surface area contributed by atoms with Crippen molar-refractivity contribution < 1.29 is 57.7 Å². The molecule has 36 heavy (non-hydrogen) atoms. The van der Waals surface area contributed by atoms with Crippen molar-refractivity contribution >= 4 is 5.97 Å². The van der Waals surface area contributed by atoms with Gasteiger partial charge in [0.25, 0.3) is 0 Å². The van der Waals surface area contributed by atoms with E-state index in [1.807, 2.05) is 18.2 Å². The number of rotatable bonds is 7. The molecule has 1 aliphatic heterocycles.